The van der Waals surface area contributed by atoms with Gasteiger partial charge in [-0.15, -0.1) is 0 Å². The van der Waals surface area contributed by atoms with Crippen LogP contribution in [0.15, 0.2) is 47.2 Å². The summed E-state index contributed by atoms with van der Waals surface area (Å²) in [5.74, 6) is 0. The fourth-order valence-corrected chi connectivity index (χ4v) is 5.60. The maximum atomic E-state index is 11.7. The van der Waals surface area contributed by atoms with Crippen molar-refractivity contribution in [2.45, 2.75) is 19.4 Å². The quantitative estimate of drug-likeness (QED) is 0.382. The number of methoxy groups -OCH3 is 2. The van der Waals surface area contributed by atoms with Crippen LogP contribution in [0.25, 0.3) is 27.5 Å². The molecule has 168 valence electrons. The number of aryl methyl sites for hydroxylation is 1. The van der Waals surface area contributed by atoms with Crippen LogP contribution in [-0.4, -0.2) is 40.1 Å². The molecule has 1 N–H and O–H groups in total. The summed E-state index contributed by atoms with van der Waals surface area (Å²) in [6, 6.07) is 10.0. The van der Waals surface area contributed by atoms with E-state index in [1.807, 2.05) is 41.2 Å². The molecular weight excluding hydrogens is 506 g/mol. The Morgan fingerprint density at radius 3 is 2.88 bits per heavy atom. The van der Waals surface area contributed by atoms with Crippen LogP contribution in [0.4, 0.5) is 9.93 Å². The second kappa shape index (κ2) is 9.05. The molecular formula is C23H20BrN5O3S. The number of carbonyl (C=O) groups excluding carboxylic acids is 1. The molecule has 8 nitrogen and oxygen atoms in total. The number of nitrogens with zero attached hydrogens (tertiary/aromatic N) is 4. The normalized spacial score (nSPS) is 12.2. The smallest absolute Gasteiger partial charge is 0.413 e. The summed E-state index contributed by atoms with van der Waals surface area (Å²) in [4.78, 5) is 21.7. The van der Waals surface area contributed by atoms with E-state index in [1.165, 1.54) is 18.4 Å². The second-order valence-corrected chi connectivity index (χ2v) is 9.31. The van der Waals surface area contributed by atoms with Gasteiger partial charge in [-0.05, 0) is 58.6 Å². The molecule has 0 fully saturated rings. The van der Waals surface area contributed by atoms with Crippen LogP contribution in [0.2, 0.25) is 0 Å². The second-order valence-electron chi connectivity index (χ2n) is 7.46. The van der Waals surface area contributed by atoms with Crippen LogP contribution in [0.3, 0.4) is 0 Å². The summed E-state index contributed by atoms with van der Waals surface area (Å²) < 4.78 is 12.9. The zero-order valence-corrected chi connectivity index (χ0v) is 20.4. The highest BCUT2D eigenvalue weighted by atomic mass is 79.9. The summed E-state index contributed by atoms with van der Waals surface area (Å²) in [5.41, 5.74) is 6.87. The predicted molar refractivity (Wildman–Crippen MR) is 130 cm³/mol. The van der Waals surface area contributed by atoms with Crippen molar-refractivity contribution in [2.75, 3.05) is 19.5 Å². The van der Waals surface area contributed by atoms with Gasteiger partial charge in [0.2, 0.25) is 0 Å². The molecule has 3 aromatic heterocycles. The first-order chi connectivity index (χ1) is 16.1. The Morgan fingerprint density at radius 1 is 1.27 bits per heavy atom. The van der Waals surface area contributed by atoms with Crippen LogP contribution in [0.5, 0.6) is 0 Å². The number of carbonyl (C=O) groups is 1. The van der Waals surface area contributed by atoms with Crippen molar-refractivity contribution in [1.29, 1.82) is 0 Å². The average Bonchev–Trinajstić information content (AvgIpc) is 3.41. The minimum atomic E-state index is -0.539. The van der Waals surface area contributed by atoms with Crippen molar-refractivity contribution >= 4 is 38.5 Å². The summed E-state index contributed by atoms with van der Waals surface area (Å²) in [5, 5.41) is 8.23. The molecule has 4 aromatic rings. The highest BCUT2D eigenvalue weighted by Crippen LogP contribution is 2.44. The molecule has 1 aromatic carbocycles. The molecule has 0 unspecified atom stereocenters. The van der Waals surface area contributed by atoms with E-state index in [1.54, 1.807) is 13.3 Å². The largest absolute Gasteiger partial charge is 0.453 e. The highest BCUT2D eigenvalue weighted by molar-refractivity contribution is 9.10. The van der Waals surface area contributed by atoms with Crippen molar-refractivity contribution in [3.8, 4) is 27.5 Å². The number of hydrogen-bond acceptors (Lipinski definition) is 7. The lowest BCUT2D eigenvalue weighted by molar-refractivity contribution is 0.185. The van der Waals surface area contributed by atoms with Gasteiger partial charge in [-0.2, -0.15) is 5.10 Å². The number of ether oxygens (including phenoxy) is 2. The topological polar surface area (TPSA) is 91.2 Å². The molecule has 0 radical (unpaired) electrons. The first-order valence-corrected chi connectivity index (χ1v) is 11.8. The SMILES string of the molecule is COCc1ccc(-n2nc(-c3cccnc3)c3c2-c2sc(NC(=O)OC)nc2CC3)c(Br)c1. The van der Waals surface area contributed by atoms with Crippen LogP contribution in [0, 0.1) is 0 Å². The van der Waals surface area contributed by atoms with Crippen molar-refractivity contribution in [3.63, 3.8) is 0 Å². The summed E-state index contributed by atoms with van der Waals surface area (Å²) in [7, 11) is 3.01. The molecule has 0 spiro atoms. The number of benzene rings is 1. The number of halogens is 1. The molecule has 10 heteroatoms. The lowest BCUT2D eigenvalue weighted by Gasteiger charge is -2.15. The third kappa shape index (κ3) is 4.05. The molecule has 1 amide bonds. The van der Waals surface area contributed by atoms with Gasteiger partial charge in [0.25, 0.3) is 0 Å². The fourth-order valence-electron chi connectivity index (χ4n) is 3.95. The Morgan fingerprint density at radius 2 is 2.15 bits per heavy atom. The monoisotopic (exact) mass is 525 g/mol. The highest BCUT2D eigenvalue weighted by Gasteiger charge is 2.30. The van der Waals surface area contributed by atoms with E-state index in [0.717, 1.165) is 61.7 Å². The standard InChI is InChI=1S/C23H20BrN5O3S/c1-31-12-13-5-8-18(16(24)10-13)29-20-15(19(28-29)14-4-3-9-25-11-14)6-7-17-21(20)33-22(26-17)27-23(30)32-2/h3-5,8-11H,6-7,12H2,1-2H3,(H,26,27,30). The maximum absolute atomic E-state index is 11.7. The lowest BCUT2D eigenvalue weighted by atomic mass is 9.95. The van der Waals surface area contributed by atoms with E-state index in [4.69, 9.17) is 14.6 Å². The van der Waals surface area contributed by atoms with E-state index < -0.39 is 6.09 Å². The third-order valence-electron chi connectivity index (χ3n) is 5.39. The average molecular weight is 526 g/mol. The van der Waals surface area contributed by atoms with Crippen LogP contribution in [0.1, 0.15) is 16.8 Å². The summed E-state index contributed by atoms with van der Waals surface area (Å²) in [6.45, 7) is 0.526. The van der Waals surface area contributed by atoms with Gasteiger partial charge in [0.15, 0.2) is 5.13 Å². The molecule has 0 aliphatic heterocycles. The lowest BCUT2D eigenvalue weighted by Crippen LogP contribution is -2.10. The van der Waals surface area contributed by atoms with Crippen molar-refractivity contribution in [1.82, 2.24) is 19.7 Å². The Hall–Kier alpha value is -3.08. The Bertz CT molecular complexity index is 1340. The number of nitrogens with one attached hydrogen (secondary N) is 1. The van der Waals surface area contributed by atoms with Crippen LogP contribution >= 0.6 is 27.3 Å². The van der Waals surface area contributed by atoms with E-state index in [2.05, 4.69) is 31.2 Å². The van der Waals surface area contributed by atoms with Gasteiger partial charge in [0, 0.05) is 35.1 Å². The van der Waals surface area contributed by atoms with E-state index in [9.17, 15) is 4.79 Å². The van der Waals surface area contributed by atoms with Gasteiger partial charge in [-0.25, -0.2) is 14.5 Å². The summed E-state index contributed by atoms with van der Waals surface area (Å²) >= 11 is 5.14. The maximum Gasteiger partial charge on any atom is 0.413 e. The molecule has 0 atom stereocenters. The van der Waals surface area contributed by atoms with E-state index >= 15 is 0 Å². The molecule has 0 bridgehead atoms. The predicted octanol–water partition coefficient (Wildman–Crippen LogP) is 5.24. The zero-order chi connectivity index (χ0) is 22.9. The van der Waals surface area contributed by atoms with E-state index in [0.29, 0.717) is 11.7 Å². The number of thiazole rings is 1. The summed E-state index contributed by atoms with van der Waals surface area (Å²) in [6.07, 6.45) is 4.59. The fraction of sp³-hybridized carbons (Fsp3) is 0.217. The van der Waals surface area contributed by atoms with Gasteiger partial charge in [-0.3, -0.25) is 10.3 Å². The number of hydrogen-bond donors (Lipinski definition) is 1. The zero-order valence-electron chi connectivity index (χ0n) is 18.0. The van der Waals surface area contributed by atoms with Gasteiger partial charge < -0.3 is 9.47 Å². The molecule has 1 aliphatic rings. The number of fused-ring (bicyclic) bond motifs is 3. The number of pyridine rings is 1. The number of anilines is 1. The first-order valence-electron chi connectivity index (χ1n) is 10.2. The number of amides is 1. The van der Waals surface area contributed by atoms with Gasteiger partial charge in [0.05, 0.1) is 41.4 Å². The van der Waals surface area contributed by atoms with Crippen molar-refractivity contribution in [2.24, 2.45) is 0 Å². The Kier molecular flexibility index (Phi) is 5.96. The number of rotatable bonds is 5. The van der Waals surface area contributed by atoms with Crippen molar-refractivity contribution < 1.29 is 14.3 Å². The molecule has 0 saturated carbocycles. The third-order valence-corrected chi connectivity index (χ3v) is 7.04. The molecule has 1 aliphatic carbocycles. The van der Waals surface area contributed by atoms with E-state index in [-0.39, 0.29) is 0 Å². The minimum absolute atomic E-state index is 0.505. The molecule has 3 heterocycles. The van der Waals surface area contributed by atoms with Gasteiger partial charge >= 0.3 is 6.09 Å². The Balaban J connectivity index is 1.70. The Labute approximate surface area is 202 Å². The van der Waals surface area contributed by atoms with Crippen molar-refractivity contribution in [3.05, 3.63) is 64.0 Å². The molecule has 5 rings (SSSR count). The number of aromatic nitrogens is 4. The van der Waals surface area contributed by atoms with Crippen LogP contribution in [-0.2, 0) is 28.9 Å². The molecule has 0 saturated heterocycles. The minimum Gasteiger partial charge on any atom is -0.453 e. The first kappa shape index (κ1) is 21.7. The molecule has 33 heavy (non-hydrogen) atoms. The van der Waals surface area contributed by atoms with Gasteiger partial charge in [0.1, 0.15) is 0 Å². The van der Waals surface area contributed by atoms with Gasteiger partial charge in [-0.1, -0.05) is 17.4 Å². The van der Waals surface area contributed by atoms with Crippen LogP contribution < -0.4 is 5.32 Å².